The molecule has 2 aromatic rings. The molecule has 94 valence electrons. The normalized spacial score (nSPS) is 10.6. The predicted molar refractivity (Wildman–Crippen MR) is 72.0 cm³/mol. The minimum atomic E-state index is -0.162. The van der Waals surface area contributed by atoms with E-state index >= 15 is 0 Å². The highest BCUT2D eigenvalue weighted by atomic mass is 19.1. The zero-order valence-electron chi connectivity index (χ0n) is 10.7. The highest BCUT2D eigenvalue weighted by Gasteiger charge is 1.97. The minimum Gasteiger partial charge on any atom is -0.264 e. The van der Waals surface area contributed by atoms with Gasteiger partial charge in [0, 0.05) is 12.4 Å². The molecule has 0 saturated heterocycles. The van der Waals surface area contributed by atoms with E-state index < -0.39 is 0 Å². The summed E-state index contributed by atoms with van der Waals surface area (Å²) in [5.74, 6) is -0.162. The Morgan fingerprint density at radius 1 is 0.944 bits per heavy atom. The zero-order chi connectivity index (χ0) is 12.8. The summed E-state index contributed by atoms with van der Waals surface area (Å²) in [4.78, 5) is 4.19. The molecule has 0 aliphatic carbocycles. The van der Waals surface area contributed by atoms with E-state index in [9.17, 15) is 4.39 Å². The van der Waals surface area contributed by atoms with Crippen LogP contribution in [0.25, 0.3) is 0 Å². The summed E-state index contributed by atoms with van der Waals surface area (Å²) >= 11 is 0. The van der Waals surface area contributed by atoms with E-state index in [2.05, 4.69) is 18.0 Å². The quantitative estimate of drug-likeness (QED) is 0.721. The highest BCUT2D eigenvalue weighted by Crippen LogP contribution is 2.10. The molecule has 0 unspecified atom stereocenters. The van der Waals surface area contributed by atoms with Crippen molar-refractivity contribution in [2.24, 2.45) is 0 Å². The first kappa shape index (κ1) is 12.7. The van der Waals surface area contributed by atoms with Gasteiger partial charge in [0.25, 0.3) is 0 Å². The molecule has 0 N–H and O–H groups in total. The molecule has 1 aromatic heterocycles. The molecule has 0 spiro atoms. The number of pyridine rings is 1. The van der Waals surface area contributed by atoms with E-state index in [1.54, 1.807) is 0 Å². The van der Waals surface area contributed by atoms with Crippen LogP contribution in [0.2, 0.25) is 0 Å². The summed E-state index contributed by atoms with van der Waals surface area (Å²) in [5, 5.41) is 0. The van der Waals surface area contributed by atoms with Gasteiger partial charge in [-0.05, 0) is 61.4 Å². The standard InChI is InChI=1S/C16H18FN/c1-13-10-15(12-18-11-13)5-3-2-4-14-6-8-16(17)9-7-14/h6-12H,2-5H2,1H3. The Morgan fingerprint density at radius 3 is 2.28 bits per heavy atom. The molecule has 0 aliphatic heterocycles. The summed E-state index contributed by atoms with van der Waals surface area (Å²) in [6, 6.07) is 8.97. The van der Waals surface area contributed by atoms with Crippen LogP contribution in [0.4, 0.5) is 4.39 Å². The van der Waals surface area contributed by atoms with E-state index in [-0.39, 0.29) is 5.82 Å². The monoisotopic (exact) mass is 243 g/mol. The minimum absolute atomic E-state index is 0.162. The van der Waals surface area contributed by atoms with Gasteiger partial charge in [0.2, 0.25) is 0 Å². The maximum absolute atomic E-state index is 12.7. The Hall–Kier alpha value is -1.70. The SMILES string of the molecule is Cc1cncc(CCCCc2ccc(F)cc2)c1. The molecule has 0 saturated carbocycles. The number of unbranched alkanes of at least 4 members (excludes halogenated alkanes) is 1. The molecule has 2 rings (SSSR count). The fraction of sp³-hybridized carbons (Fsp3) is 0.312. The van der Waals surface area contributed by atoms with Crippen molar-refractivity contribution in [2.75, 3.05) is 0 Å². The number of aromatic nitrogens is 1. The van der Waals surface area contributed by atoms with Crippen molar-refractivity contribution in [2.45, 2.75) is 32.6 Å². The van der Waals surface area contributed by atoms with Crippen molar-refractivity contribution in [3.8, 4) is 0 Å². The number of hydrogen-bond acceptors (Lipinski definition) is 1. The number of halogens is 1. The van der Waals surface area contributed by atoms with Crippen molar-refractivity contribution in [1.29, 1.82) is 0 Å². The fourth-order valence-electron chi connectivity index (χ4n) is 2.06. The smallest absolute Gasteiger partial charge is 0.123 e. The number of rotatable bonds is 5. The van der Waals surface area contributed by atoms with Crippen molar-refractivity contribution < 1.29 is 4.39 Å². The first-order valence-corrected chi connectivity index (χ1v) is 6.39. The molecular weight excluding hydrogens is 225 g/mol. The molecule has 0 radical (unpaired) electrons. The van der Waals surface area contributed by atoms with Gasteiger partial charge >= 0.3 is 0 Å². The predicted octanol–water partition coefficient (Wildman–Crippen LogP) is 4.09. The van der Waals surface area contributed by atoms with Crippen LogP contribution >= 0.6 is 0 Å². The van der Waals surface area contributed by atoms with Crippen molar-refractivity contribution >= 4 is 0 Å². The summed E-state index contributed by atoms with van der Waals surface area (Å²) in [5.41, 5.74) is 3.72. The number of benzene rings is 1. The molecule has 1 aromatic carbocycles. The fourth-order valence-corrected chi connectivity index (χ4v) is 2.06. The Bertz CT molecular complexity index is 491. The van der Waals surface area contributed by atoms with Crippen LogP contribution in [-0.4, -0.2) is 4.98 Å². The van der Waals surface area contributed by atoms with E-state index in [1.807, 2.05) is 24.5 Å². The lowest BCUT2D eigenvalue weighted by Gasteiger charge is -2.03. The van der Waals surface area contributed by atoms with Gasteiger partial charge in [0.05, 0.1) is 0 Å². The Morgan fingerprint density at radius 2 is 1.61 bits per heavy atom. The topological polar surface area (TPSA) is 12.9 Å². The van der Waals surface area contributed by atoms with E-state index in [4.69, 9.17) is 0 Å². The molecule has 0 bridgehead atoms. The third kappa shape index (κ3) is 3.95. The van der Waals surface area contributed by atoms with Crippen LogP contribution < -0.4 is 0 Å². The van der Waals surface area contributed by atoms with Crippen LogP contribution in [0.3, 0.4) is 0 Å². The summed E-state index contributed by atoms with van der Waals surface area (Å²) in [6.45, 7) is 2.06. The molecule has 0 aliphatic rings. The molecule has 0 amide bonds. The van der Waals surface area contributed by atoms with Gasteiger partial charge in [-0.25, -0.2) is 4.39 Å². The third-order valence-corrected chi connectivity index (χ3v) is 3.03. The highest BCUT2D eigenvalue weighted by molar-refractivity contribution is 5.17. The van der Waals surface area contributed by atoms with Crippen LogP contribution in [0.15, 0.2) is 42.7 Å². The van der Waals surface area contributed by atoms with Gasteiger partial charge in [0.1, 0.15) is 5.82 Å². The van der Waals surface area contributed by atoms with Gasteiger partial charge in [-0.2, -0.15) is 0 Å². The molecule has 1 nitrogen and oxygen atoms in total. The Kier molecular flexibility index (Phi) is 4.46. The van der Waals surface area contributed by atoms with E-state index in [0.717, 1.165) is 25.7 Å². The summed E-state index contributed by atoms with van der Waals surface area (Å²) in [6.07, 6.45) is 8.16. The number of nitrogens with zero attached hydrogens (tertiary/aromatic N) is 1. The molecule has 2 heteroatoms. The largest absolute Gasteiger partial charge is 0.264 e. The van der Waals surface area contributed by atoms with Crippen LogP contribution in [0.1, 0.15) is 29.5 Å². The maximum Gasteiger partial charge on any atom is 0.123 e. The van der Waals surface area contributed by atoms with Crippen LogP contribution in [-0.2, 0) is 12.8 Å². The summed E-state index contributed by atoms with van der Waals surface area (Å²) in [7, 11) is 0. The summed E-state index contributed by atoms with van der Waals surface area (Å²) < 4.78 is 12.7. The molecule has 0 fully saturated rings. The first-order chi connectivity index (χ1) is 8.74. The van der Waals surface area contributed by atoms with Crippen LogP contribution in [0.5, 0.6) is 0 Å². The lowest BCUT2D eigenvalue weighted by atomic mass is 10.0. The average molecular weight is 243 g/mol. The number of hydrogen-bond donors (Lipinski definition) is 0. The Labute approximate surface area is 108 Å². The molecule has 0 atom stereocenters. The van der Waals surface area contributed by atoms with E-state index in [1.165, 1.54) is 28.8 Å². The third-order valence-electron chi connectivity index (χ3n) is 3.03. The second-order valence-corrected chi connectivity index (χ2v) is 4.70. The second-order valence-electron chi connectivity index (χ2n) is 4.70. The maximum atomic E-state index is 12.7. The first-order valence-electron chi connectivity index (χ1n) is 6.39. The molecular formula is C16H18FN. The van der Waals surface area contributed by atoms with Crippen molar-refractivity contribution in [3.63, 3.8) is 0 Å². The molecule has 18 heavy (non-hydrogen) atoms. The molecule has 1 heterocycles. The second kappa shape index (κ2) is 6.29. The Balaban J connectivity index is 1.74. The van der Waals surface area contributed by atoms with Crippen molar-refractivity contribution in [1.82, 2.24) is 4.98 Å². The van der Waals surface area contributed by atoms with Crippen LogP contribution in [0, 0.1) is 12.7 Å². The van der Waals surface area contributed by atoms with Gasteiger partial charge in [0.15, 0.2) is 0 Å². The number of aryl methyl sites for hydroxylation is 3. The van der Waals surface area contributed by atoms with E-state index in [0.29, 0.717) is 0 Å². The van der Waals surface area contributed by atoms with Gasteiger partial charge in [-0.1, -0.05) is 18.2 Å². The van der Waals surface area contributed by atoms with Gasteiger partial charge in [-0.3, -0.25) is 4.98 Å². The lowest BCUT2D eigenvalue weighted by Crippen LogP contribution is -1.91. The lowest BCUT2D eigenvalue weighted by molar-refractivity contribution is 0.626. The van der Waals surface area contributed by atoms with Crippen molar-refractivity contribution in [3.05, 3.63) is 65.2 Å². The zero-order valence-corrected chi connectivity index (χ0v) is 10.7. The average Bonchev–Trinajstić information content (AvgIpc) is 2.37. The van der Waals surface area contributed by atoms with Gasteiger partial charge < -0.3 is 0 Å². The van der Waals surface area contributed by atoms with Gasteiger partial charge in [-0.15, -0.1) is 0 Å².